The molecule has 0 aliphatic heterocycles. The molecule has 2 rings (SSSR count). The minimum Gasteiger partial charge on any atom is -0.473 e. The second-order valence-electron chi connectivity index (χ2n) is 5.69. The molecular weight excluding hydrogens is 286 g/mol. The van der Waals surface area contributed by atoms with Gasteiger partial charge in [0.1, 0.15) is 5.82 Å². The molecule has 0 spiro atoms. The molecule has 1 aliphatic carbocycles. The first-order valence-electron chi connectivity index (χ1n) is 7.60. The number of anilines is 1. The summed E-state index contributed by atoms with van der Waals surface area (Å²) in [6.45, 7) is 3.68. The van der Waals surface area contributed by atoms with Crippen LogP contribution in [0.5, 0.6) is 5.88 Å². The normalized spacial score (nSPS) is 14.2. The van der Waals surface area contributed by atoms with Crippen molar-refractivity contribution < 1.29 is 9.66 Å². The van der Waals surface area contributed by atoms with Crippen LogP contribution in [0.3, 0.4) is 0 Å². The van der Waals surface area contributed by atoms with E-state index in [0.717, 1.165) is 25.8 Å². The zero-order chi connectivity index (χ0) is 16.1. The van der Waals surface area contributed by atoms with Crippen LogP contribution in [0.25, 0.3) is 0 Å². The Morgan fingerprint density at radius 3 is 2.68 bits per heavy atom. The number of hydrogen-bond donors (Lipinski definition) is 1. The Morgan fingerprint density at radius 1 is 1.41 bits per heavy atom. The Labute approximate surface area is 130 Å². The highest BCUT2D eigenvalue weighted by Crippen LogP contribution is 2.41. The first kappa shape index (κ1) is 16.4. The van der Waals surface area contributed by atoms with Gasteiger partial charge in [0.2, 0.25) is 5.82 Å². The highest BCUT2D eigenvalue weighted by molar-refractivity contribution is 5.62. The van der Waals surface area contributed by atoms with Crippen molar-refractivity contribution in [3.05, 3.63) is 15.9 Å². The van der Waals surface area contributed by atoms with Crippen molar-refractivity contribution in [2.24, 2.45) is 0 Å². The van der Waals surface area contributed by atoms with E-state index in [1.807, 2.05) is 25.9 Å². The highest BCUT2D eigenvalue weighted by atomic mass is 16.6. The predicted octanol–water partition coefficient (Wildman–Crippen LogP) is 2.02. The number of likely N-dealkylation sites (N-methyl/N-ethyl adjacent to an activating group) is 1. The van der Waals surface area contributed by atoms with Crippen molar-refractivity contribution in [1.29, 1.82) is 0 Å². The summed E-state index contributed by atoms with van der Waals surface area (Å²) in [5, 5.41) is 14.4. The molecule has 8 heteroatoms. The summed E-state index contributed by atoms with van der Waals surface area (Å²) in [5.41, 5.74) is -0.170. The molecule has 0 saturated heterocycles. The van der Waals surface area contributed by atoms with E-state index in [4.69, 9.17) is 4.74 Å². The average molecular weight is 309 g/mol. The van der Waals surface area contributed by atoms with Crippen LogP contribution in [-0.4, -0.2) is 53.6 Å². The van der Waals surface area contributed by atoms with Crippen LogP contribution in [0.1, 0.15) is 37.9 Å². The standard InChI is InChI=1S/C14H23N5O3/c1-4-9-22-14-11(19(20)21)13(15-7-8-18(2)3)16-12(17-14)10-5-6-10/h10H,4-9H2,1-3H3,(H,15,16,17). The van der Waals surface area contributed by atoms with E-state index >= 15 is 0 Å². The number of hydrogen-bond acceptors (Lipinski definition) is 7. The zero-order valence-electron chi connectivity index (χ0n) is 13.3. The minimum absolute atomic E-state index is 0.0797. The van der Waals surface area contributed by atoms with Gasteiger partial charge in [-0.1, -0.05) is 6.92 Å². The molecule has 8 nitrogen and oxygen atoms in total. The fraction of sp³-hybridized carbons (Fsp3) is 0.714. The molecule has 1 N–H and O–H groups in total. The summed E-state index contributed by atoms with van der Waals surface area (Å²) in [6, 6.07) is 0. The number of nitro groups is 1. The molecule has 0 aromatic carbocycles. The first-order valence-corrected chi connectivity index (χ1v) is 7.60. The van der Waals surface area contributed by atoms with Gasteiger partial charge in [-0.3, -0.25) is 10.1 Å². The quantitative estimate of drug-likeness (QED) is 0.551. The van der Waals surface area contributed by atoms with Gasteiger partial charge in [0, 0.05) is 19.0 Å². The first-order chi connectivity index (χ1) is 10.5. The lowest BCUT2D eigenvalue weighted by atomic mass is 10.3. The van der Waals surface area contributed by atoms with Crippen molar-refractivity contribution in [1.82, 2.24) is 14.9 Å². The maximum atomic E-state index is 11.4. The number of nitrogens with one attached hydrogen (secondary N) is 1. The second-order valence-corrected chi connectivity index (χ2v) is 5.69. The number of aromatic nitrogens is 2. The lowest BCUT2D eigenvalue weighted by Gasteiger charge is -2.13. The Morgan fingerprint density at radius 2 is 2.14 bits per heavy atom. The van der Waals surface area contributed by atoms with Crippen LogP contribution in [0, 0.1) is 10.1 Å². The van der Waals surface area contributed by atoms with Crippen molar-refractivity contribution in [2.45, 2.75) is 32.1 Å². The topological polar surface area (TPSA) is 93.4 Å². The van der Waals surface area contributed by atoms with E-state index in [1.54, 1.807) is 0 Å². The molecule has 0 atom stereocenters. The van der Waals surface area contributed by atoms with Gasteiger partial charge in [-0.05, 0) is 33.4 Å². The van der Waals surface area contributed by atoms with Gasteiger partial charge in [0.25, 0.3) is 5.88 Å². The maximum Gasteiger partial charge on any atom is 0.372 e. The van der Waals surface area contributed by atoms with Crippen molar-refractivity contribution in [2.75, 3.05) is 39.1 Å². The van der Waals surface area contributed by atoms with Gasteiger partial charge in [-0.2, -0.15) is 4.98 Å². The predicted molar refractivity (Wildman–Crippen MR) is 83.5 cm³/mol. The summed E-state index contributed by atoms with van der Waals surface area (Å²) in [5.74, 6) is 1.29. The van der Waals surface area contributed by atoms with Crippen LogP contribution >= 0.6 is 0 Å². The molecule has 1 aliphatic rings. The smallest absolute Gasteiger partial charge is 0.372 e. The molecule has 0 amide bonds. The molecule has 1 aromatic rings. The fourth-order valence-corrected chi connectivity index (χ4v) is 1.96. The van der Waals surface area contributed by atoms with Gasteiger partial charge in [-0.15, -0.1) is 0 Å². The lowest BCUT2D eigenvalue weighted by Crippen LogP contribution is -2.22. The molecule has 22 heavy (non-hydrogen) atoms. The van der Waals surface area contributed by atoms with E-state index in [9.17, 15) is 10.1 Å². The van der Waals surface area contributed by atoms with Crippen molar-refractivity contribution >= 4 is 11.5 Å². The van der Waals surface area contributed by atoms with E-state index in [0.29, 0.717) is 24.9 Å². The summed E-state index contributed by atoms with van der Waals surface area (Å²) in [7, 11) is 3.89. The second kappa shape index (κ2) is 7.35. The van der Waals surface area contributed by atoms with Crippen LogP contribution in [0.2, 0.25) is 0 Å². The fourth-order valence-electron chi connectivity index (χ4n) is 1.96. The Bertz CT molecular complexity index is 531. The van der Waals surface area contributed by atoms with Crippen molar-refractivity contribution in [3.8, 4) is 5.88 Å². The van der Waals surface area contributed by atoms with E-state index < -0.39 is 4.92 Å². The third-order valence-electron chi connectivity index (χ3n) is 3.29. The van der Waals surface area contributed by atoms with Gasteiger partial charge in [-0.25, -0.2) is 4.98 Å². The number of ether oxygens (including phenoxy) is 1. The van der Waals surface area contributed by atoms with E-state index in [2.05, 4.69) is 15.3 Å². The molecule has 1 fully saturated rings. The molecule has 0 radical (unpaired) electrons. The number of nitrogens with zero attached hydrogens (tertiary/aromatic N) is 4. The average Bonchev–Trinajstić information content (AvgIpc) is 3.28. The van der Waals surface area contributed by atoms with Crippen LogP contribution < -0.4 is 10.1 Å². The monoisotopic (exact) mass is 309 g/mol. The van der Waals surface area contributed by atoms with Gasteiger partial charge in [0.15, 0.2) is 0 Å². The van der Waals surface area contributed by atoms with Crippen LogP contribution in [0.15, 0.2) is 0 Å². The molecule has 1 aromatic heterocycles. The van der Waals surface area contributed by atoms with Gasteiger partial charge >= 0.3 is 5.69 Å². The van der Waals surface area contributed by atoms with Crippen LogP contribution in [0.4, 0.5) is 11.5 Å². The van der Waals surface area contributed by atoms with Crippen LogP contribution in [-0.2, 0) is 0 Å². The summed E-state index contributed by atoms with van der Waals surface area (Å²) >= 11 is 0. The zero-order valence-corrected chi connectivity index (χ0v) is 13.3. The highest BCUT2D eigenvalue weighted by Gasteiger charge is 2.32. The minimum atomic E-state index is -0.473. The molecule has 122 valence electrons. The molecule has 0 bridgehead atoms. The summed E-state index contributed by atoms with van der Waals surface area (Å²) in [4.78, 5) is 21.5. The van der Waals surface area contributed by atoms with Gasteiger partial charge in [0.05, 0.1) is 11.5 Å². The summed E-state index contributed by atoms with van der Waals surface area (Å²) < 4.78 is 5.49. The number of rotatable bonds is 9. The largest absolute Gasteiger partial charge is 0.473 e. The Kier molecular flexibility index (Phi) is 5.48. The molecule has 0 unspecified atom stereocenters. The summed E-state index contributed by atoms with van der Waals surface area (Å²) in [6.07, 6.45) is 2.83. The van der Waals surface area contributed by atoms with E-state index in [-0.39, 0.29) is 17.4 Å². The Hall–Kier alpha value is -1.96. The van der Waals surface area contributed by atoms with Gasteiger partial charge < -0.3 is 15.0 Å². The third-order valence-corrected chi connectivity index (χ3v) is 3.29. The Balaban J connectivity index is 2.29. The molecule has 1 heterocycles. The van der Waals surface area contributed by atoms with Crippen molar-refractivity contribution in [3.63, 3.8) is 0 Å². The molecular formula is C14H23N5O3. The SMILES string of the molecule is CCCOc1nc(C2CC2)nc(NCCN(C)C)c1[N+](=O)[O-]. The third kappa shape index (κ3) is 4.27. The van der Waals surface area contributed by atoms with E-state index in [1.165, 1.54) is 0 Å². The maximum absolute atomic E-state index is 11.4. The lowest BCUT2D eigenvalue weighted by molar-refractivity contribution is -0.385. The molecule has 1 saturated carbocycles.